The maximum Gasteiger partial charge on any atom is 0.162 e. The van der Waals surface area contributed by atoms with Crippen molar-refractivity contribution >= 4 is 21.7 Å². The first-order valence-corrected chi connectivity index (χ1v) is 8.46. The number of hydrogen-bond acceptors (Lipinski definition) is 4. The summed E-state index contributed by atoms with van der Waals surface area (Å²) in [4.78, 5) is 9.51. The van der Waals surface area contributed by atoms with E-state index >= 15 is 0 Å². The van der Waals surface area contributed by atoms with Gasteiger partial charge in [-0.3, -0.25) is 0 Å². The highest BCUT2D eigenvalue weighted by molar-refractivity contribution is 9.10. The van der Waals surface area contributed by atoms with Gasteiger partial charge < -0.3 is 10.1 Å². The Kier molecular flexibility index (Phi) is 4.93. The molecule has 1 saturated carbocycles. The molecule has 21 heavy (non-hydrogen) atoms. The predicted octanol–water partition coefficient (Wildman–Crippen LogP) is 4.29. The number of aromatic nitrogens is 2. The van der Waals surface area contributed by atoms with Crippen molar-refractivity contribution in [2.24, 2.45) is 5.41 Å². The molecule has 0 aliphatic heterocycles. The normalized spacial score (nSPS) is 20.3. The van der Waals surface area contributed by atoms with Gasteiger partial charge in [0.25, 0.3) is 0 Å². The number of rotatable bonds is 4. The van der Waals surface area contributed by atoms with Crippen molar-refractivity contribution < 1.29 is 4.74 Å². The van der Waals surface area contributed by atoms with Gasteiger partial charge in [-0.25, -0.2) is 9.97 Å². The molecule has 1 aromatic heterocycles. The molecular formula is C16H26BrN3O. The second-order valence-corrected chi connectivity index (χ2v) is 7.42. The molecule has 118 valence electrons. The fourth-order valence-corrected chi connectivity index (χ4v) is 3.60. The quantitative estimate of drug-likeness (QED) is 0.875. The molecule has 0 bridgehead atoms. The first-order chi connectivity index (χ1) is 9.87. The molecule has 0 unspecified atom stereocenters. The molecule has 1 fully saturated rings. The summed E-state index contributed by atoms with van der Waals surface area (Å²) in [5.41, 5.74) is 1.08. The first kappa shape index (κ1) is 16.7. The zero-order chi connectivity index (χ0) is 15.7. The standard InChI is InChI=1S/C16H26BrN3O/c1-6-11-12(17)13(18-4)20-14(19-11)16(21-5)9-7-15(2,3)8-10-16/h6-10H2,1-5H3,(H,18,19,20). The van der Waals surface area contributed by atoms with E-state index < -0.39 is 0 Å². The summed E-state index contributed by atoms with van der Waals surface area (Å²) >= 11 is 3.59. The lowest BCUT2D eigenvalue weighted by Gasteiger charge is -2.41. The van der Waals surface area contributed by atoms with Gasteiger partial charge in [0.2, 0.25) is 0 Å². The smallest absolute Gasteiger partial charge is 0.162 e. The van der Waals surface area contributed by atoms with Crippen LogP contribution in [0, 0.1) is 5.41 Å². The first-order valence-electron chi connectivity index (χ1n) is 7.67. The third-order valence-corrected chi connectivity index (χ3v) is 5.53. The van der Waals surface area contributed by atoms with Gasteiger partial charge in [0.15, 0.2) is 5.82 Å². The Morgan fingerprint density at radius 3 is 2.29 bits per heavy atom. The van der Waals surface area contributed by atoms with Gasteiger partial charge in [-0.1, -0.05) is 20.8 Å². The third kappa shape index (κ3) is 3.24. The van der Waals surface area contributed by atoms with Crippen LogP contribution in [0.3, 0.4) is 0 Å². The van der Waals surface area contributed by atoms with E-state index in [1.165, 1.54) is 0 Å². The minimum atomic E-state index is -0.342. The second-order valence-electron chi connectivity index (χ2n) is 6.62. The van der Waals surface area contributed by atoms with Crippen LogP contribution < -0.4 is 5.32 Å². The molecule has 1 N–H and O–H groups in total. The van der Waals surface area contributed by atoms with Gasteiger partial charge in [0.1, 0.15) is 11.4 Å². The molecule has 0 spiro atoms. The van der Waals surface area contributed by atoms with Crippen molar-refractivity contribution in [3.8, 4) is 0 Å². The highest BCUT2D eigenvalue weighted by atomic mass is 79.9. The highest BCUT2D eigenvalue weighted by Gasteiger charge is 2.42. The molecule has 4 nitrogen and oxygen atoms in total. The van der Waals surface area contributed by atoms with Crippen molar-refractivity contribution in [1.29, 1.82) is 0 Å². The van der Waals surface area contributed by atoms with Gasteiger partial charge in [-0.05, 0) is 53.4 Å². The molecule has 1 aromatic rings. The Labute approximate surface area is 136 Å². The molecule has 0 saturated heterocycles. The molecule has 0 atom stereocenters. The van der Waals surface area contributed by atoms with E-state index in [9.17, 15) is 0 Å². The molecule has 2 rings (SSSR count). The number of ether oxygens (including phenoxy) is 1. The molecule has 5 heteroatoms. The van der Waals surface area contributed by atoms with Crippen molar-refractivity contribution in [1.82, 2.24) is 9.97 Å². The lowest BCUT2D eigenvalue weighted by atomic mass is 9.70. The summed E-state index contributed by atoms with van der Waals surface area (Å²) in [5, 5.41) is 3.15. The summed E-state index contributed by atoms with van der Waals surface area (Å²) in [7, 11) is 3.67. The maximum atomic E-state index is 5.93. The summed E-state index contributed by atoms with van der Waals surface area (Å²) in [5.74, 6) is 1.67. The average Bonchev–Trinajstić information content (AvgIpc) is 2.48. The van der Waals surface area contributed by atoms with Gasteiger partial charge in [-0.2, -0.15) is 0 Å². The Morgan fingerprint density at radius 2 is 1.81 bits per heavy atom. The zero-order valence-corrected chi connectivity index (χ0v) is 15.3. The van der Waals surface area contributed by atoms with Crippen LogP contribution in [0.5, 0.6) is 0 Å². The molecule has 0 radical (unpaired) electrons. The van der Waals surface area contributed by atoms with Crippen LogP contribution in [0.1, 0.15) is 58.0 Å². The lowest BCUT2D eigenvalue weighted by molar-refractivity contribution is -0.0729. The monoisotopic (exact) mass is 355 g/mol. The van der Waals surface area contributed by atoms with Gasteiger partial charge in [0, 0.05) is 14.2 Å². The van der Waals surface area contributed by atoms with Crippen molar-refractivity contribution in [2.75, 3.05) is 19.5 Å². The number of nitrogens with one attached hydrogen (secondary N) is 1. The Morgan fingerprint density at radius 1 is 1.19 bits per heavy atom. The topological polar surface area (TPSA) is 47.0 Å². The minimum absolute atomic E-state index is 0.342. The van der Waals surface area contributed by atoms with E-state index in [-0.39, 0.29) is 5.60 Å². The summed E-state index contributed by atoms with van der Waals surface area (Å²) in [6.07, 6.45) is 5.10. The maximum absolute atomic E-state index is 5.93. The fourth-order valence-electron chi connectivity index (χ4n) is 2.95. The highest BCUT2D eigenvalue weighted by Crippen LogP contribution is 2.46. The van der Waals surface area contributed by atoms with E-state index in [0.29, 0.717) is 5.41 Å². The van der Waals surface area contributed by atoms with Crippen LogP contribution in [-0.2, 0) is 16.8 Å². The molecular weight excluding hydrogens is 330 g/mol. The largest absolute Gasteiger partial charge is 0.372 e. The number of halogens is 1. The summed E-state index contributed by atoms with van der Waals surface area (Å²) in [6.45, 7) is 6.76. The molecule has 0 aromatic carbocycles. The Balaban J connectivity index is 2.43. The number of hydrogen-bond donors (Lipinski definition) is 1. The molecule has 1 heterocycles. The summed E-state index contributed by atoms with van der Waals surface area (Å²) < 4.78 is 6.89. The average molecular weight is 356 g/mol. The minimum Gasteiger partial charge on any atom is -0.372 e. The van der Waals surface area contributed by atoms with Crippen molar-refractivity contribution in [2.45, 2.75) is 58.5 Å². The number of methoxy groups -OCH3 is 1. The van der Waals surface area contributed by atoms with Gasteiger partial charge >= 0.3 is 0 Å². The predicted molar refractivity (Wildman–Crippen MR) is 89.6 cm³/mol. The van der Waals surface area contributed by atoms with E-state index in [1.807, 2.05) is 7.05 Å². The van der Waals surface area contributed by atoms with E-state index in [2.05, 4.69) is 42.0 Å². The second kappa shape index (κ2) is 6.21. The lowest BCUT2D eigenvalue weighted by Crippen LogP contribution is -2.38. The van der Waals surface area contributed by atoms with Crippen LogP contribution in [0.4, 0.5) is 5.82 Å². The van der Waals surface area contributed by atoms with Crippen LogP contribution in [0.2, 0.25) is 0 Å². The van der Waals surface area contributed by atoms with Crippen LogP contribution >= 0.6 is 15.9 Å². The van der Waals surface area contributed by atoms with Crippen LogP contribution in [0.15, 0.2) is 4.47 Å². The summed E-state index contributed by atoms with van der Waals surface area (Å²) in [6, 6.07) is 0. The van der Waals surface area contributed by atoms with Crippen LogP contribution in [-0.4, -0.2) is 24.1 Å². The van der Waals surface area contributed by atoms with Crippen molar-refractivity contribution in [3.05, 3.63) is 16.0 Å². The number of nitrogens with zero attached hydrogens (tertiary/aromatic N) is 2. The number of anilines is 1. The molecule has 1 aliphatic carbocycles. The zero-order valence-electron chi connectivity index (χ0n) is 13.7. The van der Waals surface area contributed by atoms with E-state index in [0.717, 1.165) is 53.9 Å². The molecule has 0 amide bonds. The molecule has 1 aliphatic rings. The SMILES string of the molecule is CCc1nc(C2(OC)CCC(C)(C)CC2)nc(NC)c1Br. The third-order valence-electron chi connectivity index (χ3n) is 4.70. The Bertz CT molecular complexity index is 481. The number of aryl methyl sites for hydroxylation is 1. The van der Waals surface area contributed by atoms with E-state index in [1.54, 1.807) is 7.11 Å². The van der Waals surface area contributed by atoms with Gasteiger partial charge in [-0.15, -0.1) is 0 Å². The van der Waals surface area contributed by atoms with Crippen molar-refractivity contribution in [3.63, 3.8) is 0 Å². The van der Waals surface area contributed by atoms with Crippen LogP contribution in [0.25, 0.3) is 0 Å². The Hall–Kier alpha value is -0.680. The fraction of sp³-hybridized carbons (Fsp3) is 0.750. The van der Waals surface area contributed by atoms with Gasteiger partial charge in [0.05, 0.1) is 10.2 Å². The van der Waals surface area contributed by atoms with E-state index in [4.69, 9.17) is 14.7 Å².